The van der Waals surface area contributed by atoms with Crippen molar-refractivity contribution in [1.29, 1.82) is 0 Å². The van der Waals surface area contributed by atoms with Crippen molar-refractivity contribution in [2.75, 3.05) is 18.1 Å². The number of guanidine groups is 1. The van der Waals surface area contributed by atoms with Crippen molar-refractivity contribution < 1.29 is 12.8 Å². The minimum atomic E-state index is -2.94. The van der Waals surface area contributed by atoms with E-state index in [1.54, 1.807) is 6.07 Å². The normalized spacial score (nSPS) is 20.9. The van der Waals surface area contributed by atoms with Gasteiger partial charge in [0, 0.05) is 12.6 Å². The standard InChI is InChI=1S/C14H19ClFN3O2S/c1-2-17-14(19-11-5-6-22(20,21)9-11)18-8-10-3-4-13(16)12(15)7-10/h3-4,7,11H,2,5-6,8-9H2,1H3,(H2,17,18,19). The zero-order chi connectivity index (χ0) is 16.2. The first-order valence-corrected chi connectivity index (χ1v) is 9.29. The molecule has 22 heavy (non-hydrogen) atoms. The number of nitrogens with one attached hydrogen (secondary N) is 2. The van der Waals surface area contributed by atoms with Gasteiger partial charge in [0.2, 0.25) is 0 Å². The minimum Gasteiger partial charge on any atom is -0.357 e. The van der Waals surface area contributed by atoms with E-state index in [1.807, 2.05) is 6.92 Å². The minimum absolute atomic E-state index is 0.0625. The summed E-state index contributed by atoms with van der Waals surface area (Å²) in [7, 11) is -2.94. The largest absolute Gasteiger partial charge is 0.357 e. The van der Waals surface area contributed by atoms with Crippen molar-refractivity contribution in [2.24, 2.45) is 4.99 Å². The number of hydrogen-bond donors (Lipinski definition) is 2. The molecule has 122 valence electrons. The molecule has 1 aliphatic heterocycles. The summed E-state index contributed by atoms with van der Waals surface area (Å²) in [4.78, 5) is 4.38. The van der Waals surface area contributed by atoms with Crippen molar-refractivity contribution in [3.8, 4) is 0 Å². The molecule has 2 rings (SSSR count). The zero-order valence-corrected chi connectivity index (χ0v) is 13.8. The van der Waals surface area contributed by atoms with Gasteiger partial charge in [-0.25, -0.2) is 17.8 Å². The van der Waals surface area contributed by atoms with Crippen LogP contribution < -0.4 is 10.6 Å². The molecular weight excluding hydrogens is 329 g/mol. The molecule has 1 aromatic carbocycles. The van der Waals surface area contributed by atoms with E-state index in [1.165, 1.54) is 12.1 Å². The van der Waals surface area contributed by atoms with Crippen LogP contribution in [-0.4, -0.2) is 38.5 Å². The molecule has 1 unspecified atom stereocenters. The van der Waals surface area contributed by atoms with Crippen LogP contribution in [0.2, 0.25) is 5.02 Å². The van der Waals surface area contributed by atoms with Crippen molar-refractivity contribution >= 4 is 27.4 Å². The fourth-order valence-corrected chi connectivity index (χ4v) is 4.11. The third kappa shape index (κ3) is 4.84. The molecule has 1 fully saturated rings. The summed E-state index contributed by atoms with van der Waals surface area (Å²) in [5.41, 5.74) is 0.780. The Morgan fingerprint density at radius 3 is 2.86 bits per heavy atom. The van der Waals surface area contributed by atoms with E-state index in [9.17, 15) is 12.8 Å². The van der Waals surface area contributed by atoms with Gasteiger partial charge in [-0.15, -0.1) is 0 Å². The lowest BCUT2D eigenvalue weighted by atomic mass is 10.2. The monoisotopic (exact) mass is 347 g/mol. The number of halogens is 2. The maximum absolute atomic E-state index is 13.1. The molecule has 5 nitrogen and oxygen atoms in total. The van der Waals surface area contributed by atoms with Crippen LogP contribution in [0.3, 0.4) is 0 Å². The molecule has 2 N–H and O–H groups in total. The highest BCUT2D eigenvalue weighted by molar-refractivity contribution is 7.91. The predicted octanol–water partition coefficient (Wildman–Crippen LogP) is 1.72. The van der Waals surface area contributed by atoms with Crippen LogP contribution in [0.15, 0.2) is 23.2 Å². The van der Waals surface area contributed by atoms with Crippen LogP contribution >= 0.6 is 11.6 Å². The van der Waals surface area contributed by atoms with Crippen molar-refractivity contribution in [2.45, 2.75) is 25.9 Å². The second-order valence-corrected chi connectivity index (χ2v) is 7.82. The second-order valence-electron chi connectivity index (χ2n) is 5.19. The van der Waals surface area contributed by atoms with Crippen molar-refractivity contribution in [3.63, 3.8) is 0 Å². The Bertz CT molecular complexity index is 664. The molecule has 1 aliphatic rings. The van der Waals surface area contributed by atoms with Gasteiger partial charge in [-0.3, -0.25) is 0 Å². The fraction of sp³-hybridized carbons (Fsp3) is 0.500. The number of aliphatic imine (C=N–C) groups is 1. The van der Waals surface area contributed by atoms with E-state index in [0.29, 0.717) is 25.5 Å². The summed E-state index contributed by atoms with van der Waals surface area (Å²) in [6.07, 6.45) is 0.578. The highest BCUT2D eigenvalue weighted by atomic mass is 35.5. The van der Waals surface area contributed by atoms with Gasteiger partial charge in [-0.1, -0.05) is 17.7 Å². The van der Waals surface area contributed by atoms with E-state index in [4.69, 9.17) is 11.6 Å². The molecule has 8 heteroatoms. The first-order chi connectivity index (χ1) is 10.4. The Morgan fingerprint density at radius 1 is 1.50 bits per heavy atom. The summed E-state index contributed by atoms with van der Waals surface area (Å²) < 4.78 is 36.1. The Hall–Kier alpha value is -1.34. The zero-order valence-electron chi connectivity index (χ0n) is 12.3. The van der Waals surface area contributed by atoms with Crippen LogP contribution in [0.5, 0.6) is 0 Å². The molecule has 0 aromatic heterocycles. The summed E-state index contributed by atoms with van der Waals surface area (Å²) in [5.74, 6) is 0.415. The highest BCUT2D eigenvalue weighted by Gasteiger charge is 2.28. The third-order valence-corrected chi connectivity index (χ3v) is 5.38. The molecule has 0 saturated carbocycles. The Labute approximate surface area is 134 Å². The molecule has 1 saturated heterocycles. The third-order valence-electron chi connectivity index (χ3n) is 3.32. The van der Waals surface area contributed by atoms with Crippen LogP contribution in [0.4, 0.5) is 4.39 Å². The predicted molar refractivity (Wildman–Crippen MR) is 86.4 cm³/mol. The van der Waals surface area contributed by atoms with Crippen molar-refractivity contribution in [3.05, 3.63) is 34.6 Å². The molecule has 0 radical (unpaired) electrons. The van der Waals surface area contributed by atoms with Gasteiger partial charge in [0.1, 0.15) is 5.82 Å². The maximum Gasteiger partial charge on any atom is 0.191 e. The summed E-state index contributed by atoms with van der Waals surface area (Å²) in [6, 6.07) is 4.33. The lowest BCUT2D eigenvalue weighted by molar-refractivity contribution is 0.599. The van der Waals surface area contributed by atoms with E-state index in [0.717, 1.165) is 5.56 Å². The topological polar surface area (TPSA) is 70.6 Å². The molecule has 0 amide bonds. The summed E-state index contributed by atoms with van der Waals surface area (Å²) >= 11 is 5.74. The molecule has 1 heterocycles. The van der Waals surface area contributed by atoms with Gasteiger partial charge in [0.05, 0.1) is 23.1 Å². The van der Waals surface area contributed by atoms with Gasteiger partial charge >= 0.3 is 0 Å². The van der Waals surface area contributed by atoms with E-state index in [-0.39, 0.29) is 22.6 Å². The average Bonchev–Trinajstić information content (AvgIpc) is 2.79. The Kier molecular flexibility index (Phi) is 5.63. The number of sulfone groups is 1. The highest BCUT2D eigenvalue weighted by Crippen LogP contribution is 2.16. The summed E-state index contributed by atoms with van der Waals surface area (Å²) in [5, 5.41) is 6.25. The molecular formula is C14H19ClFN3O2S. The van der Waals surface area contributed by atoms with Gasteiger partial charge in [-0.2, -0.15) is 0 Å². The van der Waals surface area contributed by atoms with Crippen LogP contribution in [0.1, 0.15) is 18.9 Å². The average molecular weight is 348 g/mol. The van der Waals surface area contributed by atoms with Gasteiger partial charge in [0.15, 0.2) is 15.8 Å². The second kappa shape index (κ2) is 7.28. The van der Waals surface area contributed by atoms with E-state index in [2.05, 4.69) is 15.6 Å². The quantitative estimate of drug-likeness (QED) is 0.642. The Morgan fingerprint density at radius 2 is 2.27 bits per heavy atom. The van der Waals surface area contributed by atoms with Crippen LogP contribution in [0, 0.1) is 5.82 Å². The number of nitrogens with zero attached hydrogens (tertiary/aromatic N) is 1. The van der Waals surface area contributed by atoms with E-state index < -0.39 is 15.7 Å². The number of rotatable bonds is 4. The summed E-state index contributed by atoms with van der Waals surface area (Å²) in [6.45, 7) is 2.92. The van der Waals surface area contributed by atoms with Gasteiger partial charge in [0.25, 0.3) is 0 Å². The Balaban J connectivity index is 2.02. The molecule has 0 bridgehead atoms. The molecule has 1 atom stereocenters. The van der Waals surface area contributed by atoms with Crippen molar-refractivity contribution in [1.82, 2.24) is 10.6 Å². The lowest BCUT2D eigenvalue weighted by Gasteiger charge is -2.15. The van der Waals surface area contributed by atoms with E-state index >= 15 is 0 Å². The molecule has 0 spiro atoms. The van der Waals surface area contributed by atoms with Gasteiger partial charge in [-0.05, 0) is 31.0 Å². The van der Waals surface area contributed by atoms with Gasteiger partial charge < -0.3 is 10.6 Å². The number of benzene rings is 1. The lowest BCUT2D eigenvalue weighted by Crippen LogP contribution is -2.44. The SMILES string of the molecule is CCNC(=NCc1ccc(F)c(Cl)c1)NC1CCS(=O)(=O)C1. The molecule has 1 aromatic rings. The first kappa shape index (κ1) is 17.0. The maximum atomic E-state index is 13.1. The first-order valence-electron chi connectivity index (χ1n) is 7.09. The van der Waals surface area contributed by atoms with Crippen LogP contribution in [0.25, 0.3) is 0 Å². The smallest absolute Gasteiger partial charge is 0.191 e. The number of hydrogen-bond acceptors (Lipinski definition) is 3. The fourth-order valence-electron chi connectivity index (χ4n) is 2.23. The molecule has 0 aliphatic carbocycles. The van der Waals surface area contributed by atoms with Crippen LogP contribution in [-0.2, 0) is 16.4 Å².